The van der Waals surface area contributed by atoms with Crippen LogP contribution in [-0.2, 0) is 4.79 Å². The standard InChI is InChI=1S/C17H22Cl2N2OS.ClH/c1-12(23-15-10-13(18)2-3-14(15)19)16(22)21-8-5-17(6-9-21)4-7-20-11-17;/h2-3,10,12,20H,4-9,11H2,1H3;1H. The molecule has 0 radical (unpaired) electrons. The van der Waals surface area contributed by atoms with Crippen LogP contribution >= 0.6 is 47.4 Å². The van der Waals surface area contributed by atoms with Crippen LogP contribution in [0.25, 0.3) is 0 Å². The maximum absolute atomic E-state index is 12.7. The van der Waals surface area contributed by atoms with Gasteiger partial charge in [0.25, 0.3) is 0 Å². The van der Waals surface area contributed by atoms with E-state index in [-0.39, 0.29) is 23.6 Å². The molecule has 2 aliphatic rings. The van der Waals surface area contributed by atoms with Gasteiger partial charge in [-0.05, 0) is 56.3 Å². The molecule has 2 heterocycles. The summed E-state index contributed by atoms with van der Waals surface area (Å²) in [5.74, 6) is 0.201. The molecule has 0 aliphatic carbocycles. The number of rotatable bonds is 3. The molecule has 1 unspecified atom stereocenters. The van der Waals surface area contributed by atoms with E-state index < -0.39 is 0 Å². The molecule has 0 aromatic heterocycles. The van der Waals surface area contributed by atoms with Crippen molar-refractivity contribution in [2.24, 2.45) is 5.41 Å². The normalized spacial score (nSPS) is 20.7. The van der Waals surface area contributed by atoms with Crippen LogP contribution in [-0.4, -0.2) is 42.2 Å². The summed E-state index contributed by atoms with van der Waals surface area (Å²) in [5.41, 5.74) is 0.434. The Morgan fingerprint density at radius 3 is 2.62 bits per heavy atom. The molecule has 0 saturated carbocycles. The van der Waals surface area contributed by atoms with Gasteiger partial charge in [-0.3, -0.25) is 4.79 Å². The Morgan fingerprint density at radius 2 is 2.00 bits per heavy atom. The molecule has 1 amide bonds. The Hall–Kier alpha value is -0.130. The molecule has 1 spiro atoms. The first-order chi connectivity index (χ1) is 11.0. The fourth-order valence-corrected chi connectivity index (χ4v) is 4.98. The number of amides is 1. The number of nitrogens with one attached hydrogen (secondary N) is 1. The molecule has 3 nitrogen and oxygen atoms in total. The van der Waals surface area contributed by atoms with Crippen LogP contribution in [0.1, 0.15) is 26.2 Å². The molecule has 134 valence electrons. The SMILES string of the molecule is CC(Sc1cc(Cl)ccc1Cl)C(=O)N1CCC2(CCNC2)CC1.Cl. The van der Waals surface area contributed by atoms with E-state index in [0.29, 0.717) is 15.5 Å². The molecule has 2 fully saturated rings. The van der Waals surface area contributed by atoms with Crippen molar-refractivity contribution in [3.8, 4) is 0 Å². The van der Waals surface area contributed by atoms with Gasteiger partial charge in [-0.25, -0.2) is 0 Å². The highest BCUT2D eigenvalue weighted by atomic mass is 35.5. The van der Waals surface area contributed by atoms with Crippen molar-refractivity contribution in [1.82, 2.24) is 10.2 Å². The first kappa shape index (κ1) is 20.2. The molecule has 3 rings (SSSR count). The largest absolute Gasteiger partial charge is 0.342 e. The van der Waals surface area contributed by atoms with Gasteiger partial charge in [0.1, 0.15) is 0 Å². The maximum atomic E-state index is 12.7. The van der Waals surface area contributed by atoms with E-state index in [1.165, 1.54) is 18.2 Å². The summed E-state index contributed by atoms with van der Waals surface area (Å²) in [5, 5.41) is 4.60. The Morgan fingerprint density at radius 1 is 1.29 bits per heavy atom. The van der Waals surface area contributed by atoms with E-state index in [1.807, 2.05) is 17.9 Å². The van der Waals surface area contributed by atoms with Crippen LogP contribution < -0.4 is 5.32 Å². The highest BCUT2D eigenvalue weighted by Gasteiger charge is 2.38. The topological polar surface area (TPSA) is 32.3 Å². The molecule has 1 N–H and O–H groups in total. The van der Waals surface area contributed by atoms with Gasteiger partial charge in [0.05, 0.1) is 10.3 Å². The van der Waals surface area contributed by atoms with Gasteiger partial charge in [0, 0.05) is 29.6 Å². The molecular weight excluding hydrogens is 387 g/mol. The second-order valence-corrected chi connectivity index (χ2v) is 8.81. The van der Waals surface area contributed by atoms with E-state index >= 15 is 0 Å². The van der Waals surface area contributed by atoms with E-state index in [2.05, 4.69) is 5.32 Å². The summed E-state index contributed by atoms with van der Waals surface area (Å²) in [6.07, 6.45) is 3.47. The van der Waals surface area contributed by atoms with Crippen molar-refractivity contribution in [2.45, 2.75) is 36.3 Å². The van der Waals surface area contributed by atoms with Gasteiger partial charge in [0.2, 0.25) is 5.91 Å². The Bertz CT molecular complexity index is 583. The van der Waals surface area contributed by atoms with Gasteiger partial charge in [-0.2, -0.15) is 0 Å². The molecule has 2 saturated heterocycles. The Balaban J connectivity index is 0.00000208. The first-order valence-electron chi connectivity index (χ1n) is 8.10. The number of nitrogens with zero attached hydrogens (tertiary/aromatic N) is 1. The van der Waals surface area contributed by atoms with Gasteiger partial charge < -0.3 is 10.2 Å². The van der Waals surface area contributed by atoms with Crippen LogP contribution in [0.2, 0.25) is 10.0 Å². The van der Waals surface area contributed by atoms with Crippen LogP contribution in [0, 0.1) is 5.41 Å². The monoisotopic (exact) mass is 408 g/mol. The number of piperidine rings is 1. The Kier molecular flexibility index (Phi) is 7.15. The lowest BCUT2D eigenvalue weighted by Gasteiger charge is -2.39. The lowest BCUT2D eigenvalue weighted by molar-refractivity contribution is -0.132. The molecule has 1 atom stereocenters. The zero-order chi connectivity index (χ0) is 16.4. The van der Waals surface area contributed by atoms with E-state index in [4.69, 9.17) is 23.2 Å². The zero-order valence-corrected chi connectivity index (χ0v) is 16.8. The molecule has 1 aromatic rings. The van der Waals surface area contributed by atoms with E-state index in [0.717, 1.165) is 43.9 Å². The molecule has 0 bridgehead atoms. The number of halogens is 3. The van der Waals surface area contributed by atoms with Crippen LogP contribution in [0.5, 0.6) is 0 Å². The summed E-state index contributed by atoms with van der Waals surface area (Å²) in [6, 6.07) is 5.37. The summed E-state index contributed by atoms with van der Waals surface area (Å²) >= 11 is 13.7. The quantitative estimate of drug-likeness (QED) is 0.746. The van der Waals surface area contributed by atoms with Crippen molar-refractivity contribution >= 4 is 53.3 Å². The summed E-state index contributed by atoms with van der Waals surface area (Å²) < 4.78 is 0. The van der Waals surface area contributed by atoms with Crippen molar-refractivity contribution in [3.63, 3.8) is 0 Å². The highest BCUT2D eigenvalue weighted by molar-refractivity contribution is 8.00. The summed E-state index contributed by atoms with van der Waals surface area (Å²) in [4.78, 5) is 15.6. The van der Waals surface area contributed by atoms with E-state index in [9.17, 15) is 4.79 Å². The number of likely N-dealkylation sites (tertiary alicyclic amines) is 1. The van der Waals surface area contributed by atoms with Gasteiger partial charge in [-0.15, -0.1) is 24.2 Å². The number of thioether (sulfide) groups is 1. The fourth-order valence-electron chi connectivity index (χ4n) is 3.49. The molecule has 7 heteroatoms. The van der Waals surface area contributed by atoms with Crippen molar-refractivity contribution < 1.29 is 4.79 Å². The lowest BCUT2D eigenvalue weighted by Crippen LogP contribution is -2.46. The van der Waals surface area contributed by atoms with E-state index in [1.54, 1.807) is 12.1 Å². The van der Waals surface area contributed by atoms with Gasteiger partial charge in [0.15, 0.2) is 0 Å². The second kappa shape index (κ2) is 8.50. The highest BCUT2D eigenvalue weighted by Crippen LogP contribution is 2.38. The predicted molar refractivity (Wildman–Crippen MR) is 105 cm³/mol. The fraction of sp³-hybridized carbons (Fsp3) is 0.588. The number of benzene rings is 1. The maximum Gasteiger partial charge on any atom is 0.235 e. The van der Waals surface area contributed by atoms with Crippen molar-refractivity contribution in [2.75, 3.05) is 26.2 Å². The Labute approximate surface area is 164 Å². The minimum atomic E-state index is -0.151. The lowest BCUT2D eigenvalue weighted by atomic mass is 9.78. The third-order valence-electron chi connectivity index (χ3n) is 5.01. The van der Waals surface area contributed by atoms with Gasteiger partial charge in [-0.1, -0.05) is 23.2 Å². The number of hydrogen-bond donors (Lipinski definition) is 1. The van der Waals surface area contributed by atoms with Crippen LogP contribution in [0.3, 0.4) is 0 Å². The third kappa shape index (κ3) is 4.53. The van der Waals surface area contributed by atoms with Gasteiger partial charge >= 0.3 is 0 Å². The minimum absolute atomic E-state index is 0. The number of carbonyl (C=O) groups is 1. The van der Waals surface area contributed by atoms with Crippen LogP contribution in [0.4, 0.5) is 0 Å². The third-order valence-corrected chi connectivity index (χ3v) is 6.84. The first-order valence-corrected chi connectivity index (χ1v) is 9.74. The average molecular weight is 410 g/mol. The zero-order valence-electron chi connectivity index (χ0n) is 13.7. The molecule has 2 aliphatic heterocycles. The van der Waals surface area contributed by atoms with Crippen molar-refractivity contribution in [3.05, 3.63) is 28.2 Å². The van der Waals surface area contributed by atoms with Crippen LogP contribution in [0.15, 0.2) is 23.1 Å². The number of carbonyl (C=O) groups excluding carboxylic acids is 1. The minimum Gasteiger partial charge on any atom is -0.342 e. The predicted octanol–water partition coefficient (Wildman–Crippen LogP) is 4.50. The smallest absolute Gasteiger partial charge is 0.235 e. The van der Waals surface area contributed by atoms with Crippen molar-refractivity contribution in [1.29, 1.82) is 0 Å². The molecule has 24 heavy (non-hydrogen) atoms. The average Bonchev–Trinajstić information content (AvgIpc) is 2.99. The number of hydrogen-bond acceptors (Lipinski definition) is 3. The second-order valence-electron chi connectivity index (χ2n) is 6.59. The molecular formula is C17H23Cl3N2OS. The summed E-state index contributed by atoms with van der Waals surface area (Å²) in [6.45, 7) is 5.92. The molecule has 1 aromatic carbocycles. The summed E-state index contributed by atoms with van der Waals surface area (Å²) in [7, 11) is 0.